The molecule has 1 N–H and O–H groups in total. The van der Waals surface area contributed by atoms with Gasteiger partial charge in [0.2, 0.25) is 0 Å². The number of carbonyl (C=O) groups is 2. The molecule has 2 atom stereocenters. The second-order valence-electron chi connectivity index (χ2n) is 8.34. The van der Waals surface area contributed by atoms with E-state index in [1.807, 2.05) is 17.0 Å². The van der Waals surface area contributed by atoms with Crippen LogP contribution in [0.5, 0.6) is 11.5 Å². The van der Waals surface area contributed by atoms with Crippen molar-refractivity contribution >= 4 is 22.8 Å². The van der Waals surface area contributed by atoms with Gasteiger partial charge in [-0.1, -0.05) is 5.21 Å². The molecule has 2 fully saturated rings. The number of hydrogen-bond acceptors (Lipinski definition) is 7. The van der Waals surface area contributed by atoms with Crippen molar-refractivity contribution in [1.82, 2.24) is 25.2 Å². The zero-order valence-electron chi connectivity index (χ0n) is 18.0. The average Bonchev–Trinajstić information content (AvgIpc) is 3.56. The minimum Gasteiger partial charge on any atom is -0.493 e. The molecule has 33 heavy (non-hydrogen) atoms. The summed E-state index contributed by atoms with van der Waals surface area (Å²) < 4.78 is 10.9. The quantitative estimate of drug-likeness (QED) is 0.629. The molecule has 1 aromatic heterocycles. The van der Waals surface area contributed by atoms with E-state index < -0.39 is 0 Å². The third-order valence-corrected chi connectivity index (χ3v) is 6.34. The summed E-state index contributed by atoms with van der Waals surface area (Å²) in [7, 11) is 1.49. The van der Waals surface area contributed by atoms with Crippen molar-refractivity contribution in [1.29, 1.82) is 5.26 Å². The number of likely N-dealkylation sites (tertiary alicyclic amines) is 2. The molecule has 2 aliphatic heterocycles. The number of nitrogens with zero attached hydrogens (tertiary/aromatic N) is 5. The van der Waals surface area contributed by atoms with Crippen LogP contribution in [-0.4, -0.2) is 76.9 Å². The lowest BCUT2D eigenvalue weighted by atomic mass is 10.0. The molecule has 0 radical (unpaired) electrons. The van der Waals surface area contributed by atoms with Gasteiger partial charge in [0, 0.05) is 49.6 Å². The van der Waals surface area contributed by atoms with Crippen LogP contribution in [0.15, 0.2) is 36.4 Å². The highest BCUT2D eigenvalue weighted by Crippen LogP contribution is 2.33. The number of hydrogen-bond donors (Lipinski definition) is 1. The first-order chi connectivity index (χ1) is 16.1. The van der Waals surface area contributed by atoms with E-state index in [1.165, 1.54) is 7.11 Å². The summed E-state index contributed by atoms with van der Waals surface area (Å²) in [6.45, 7) is 2.33. The highest BCUT2D eigenvalue weighted by Gasteiger charge is 2.43. The van der Waals surface area contributed by atoms with Crippen molar-refractivity contribution in [2.75, 3.05) is 39.9 Å². The predicted octanol–water partition coefficient (Wildman–Crippen LogP) is 1.45. The van der Waals surface area contributed by atoms with Crippen LogP contribution in [0.4, 0.5) is 0 Å². The zero-order chi connectivity index (χ0) is 22.9. The summed E-state index contributed by atoms with van der Waals surface area (Å²) in [5, 5.41) is 19.5. The van der Waals surface area contributed by atoms with Crippen LogP contribution < -0.4 is 9.47 Å². The summed E-state index contributed by atoms with van der Waals surface area (Å²) in [6, 6.07) is 12.2. The van der Waals surface area contributed by atoms with Crippen molar-refractivity contribution in [3.63, 3.8) is 0 Å². The van der Waals surface area contributed by atoms with E-state index in [2.05, 4.69) is 15.4 Å². The molecular weight excluding hydrogens is 424 g/mol. The Hall–Kier alpha value is -4.13. The molecule has 0 spiro atoms. The third-order valence-electron chi connectivity index (χ3n) is 6.34. The number of H-pyrrole nitrogens is 1. The normalized spacial score (nSPS) is 19.4. The Labute approximate surface area is 189 Å². The minimum absolute atomic E-state index is 0.0246. The predicted molar refractivity (Wildman–Crippen MR) is 117 cm³/mol. The summed E-state index contributed by atoms with van der Waals surface area (Å²) in [4.78, 5) is 29.3. The summed E-state index contributed by atoms with van der Waals surface area (Å²) in [6.07, 6.45) is 0. The van der Waals surface area contributed by atoms with Crippen molar-refractivity contribution in [2.45, 2.75) is 0 Å². The number of carbonyl (C=O) groups excluding carboxylic acids is 2. The summed E-state index contributed by atoms with van der Waals surface area (Å²) in [5.74, 6) is 1.20. The van der Waals surface area contributed by atoms with Gasteiger partial charge in [-0.25, -0.2) is 0 Å². The standard InChI is InChI=1S/C23H22N6O4/c1-32-21-6-14(8-24)2-5-20(21)33-13-22(30)28-9-16-11-29(12-17(16)10-28)23(31)15-3-4-18-19(7-15)26-27-25-18/h2-7,16-17H,9-13H2,1H3,(H,25,26,27)/t16-,17-/m0/s1. The second-order valence-corrected chi connectivity index (χ2v) is 8.34. The second kappa shape index (κ2) is 8.43. The fraction of sp³-hybridized carbons (Fsp3) is 0.348. The number of nitrogens with one attached hydrogen (secondary N) is 1. The van der Waals surface area contributed by atoms with Gasteiger partial charge in [0.25, 0.3) is 11.8 Å². The maximum atomic E-state index is 13.0. The van der Waals surface area contributed by atoms with E-state index in [4.69, 9.17) is 14.7 Å². The highest BCUT2D eigenvalue weighted by molar-refractivity contribution is 5.97. The van der Waals surface area contributed by atoms with E-state index in [0.29, 0.717) is 54.3 Å². The van der Waals surface area contributed by atoms with Gasteiger partial charge < -0.3 is 19.3 Å². The van der Waals surface area contributed by atoms with E-state index in [0.717, 1.165) is 5.52 Å². The van der Waals surface area contributed by atoms with Crippen molar-refractivity contribution in [3.05, 3.63) is 47.5 Å². The zero-order valence-corrected chi connectivity index (χ0v) is 18.0. The lowest BCUT2D eigenvalue weighted by molar-refractivity contribution is -0.132. The molecule has 168 valence electrons. The Morgan fingerprint density at radius 2 is 1.85 bits per heavy atom. The van der Waals surface area contributed by atoms with Crippen molar-refractivity contribution < 1.29 is 19.1 Å². The van der Waals surface area contributed by atoms with Crippen LogP contribution in [0.3, 0.4) is 0 Å². The molecule has 10 heteroatoms. The summed E-state index contributed by atoms with van der Waals surface area (Å²) in [5.41, 5.74) is 2.50. The molecular formula is C23H22N6O4. The van der Waals surface area contributed by atoms with Crippen molar-refractivity contribution in [2.24, 2.45) is 11.8 Å². The van der Waals surface area contributed by atoms with Gasteiger partial charge in [0.05, 0.1) is 24.3 Å². The number of fused-ring (bicyclic) bond motifs is 2. The van der Waals surface area contributed by atoms with Crippen LogP contribution in [0.2, 0.25) is 0 Å². The van der Waals surface area contributed by atoms with E-state index in [1.54, 1.807) is 35.2 Å². The van der Waals surface area contributed by atoms with Gasteiger partial charge in [-0.2, -0.15) is 5.26 Å². The molecule has 0 unspecified atom stereocenters. The fourth-order valence-electron chi connectivity index (χ4n) is 4.61. The highest BCUT2D eigenvalue weighted by atomic mass is 16.5. The maximum absolute atomic E-state index is 13.0. The largest absolute Gasteiger partial charge is 0.493 e. The lowest BCUT2D eigenvalue weighted by Gasteiger charge is -2.22. The lowest BCUT2D eigenvalue weighted by Crippen LogP contribution is -2.37. The molecule has 2 aromatic carbocycles. The first-order valence-corrected chi connectivity index (χ1v) is 10.6. The van der Waals surface area contributed by atoms with E-state index >= 15 is 0 Å². The molecule has 0 saturated carbocycles. The van der Waals surface area contributed by atoms with Gasteiger partial charge in [0.15, 0.2) is 18.1 Å². The van der Waals surface area contributed by atoms with E-state index in [-0.39, 0.29) is 30.3 Å². The number of methoxy groups -OCH3 is 1. The number of aromatic nitrogens is 3. The molecule has 2 saturated heterocycles. The molecule has 2 aliphatic rings. The number of amides is 2. The Balaban J connectivity index is 1.16. The Bertz CT molecular complexity index is 1250. The first-order valence-electron chi connectivity index (χ1n) is 10.6. The molecule has 3 heterocycles. The maximum Gasteiger partial charge on any atom is 0.260 e. The van der Waals surface area contributed by atoms with E-state index in [9.17, 15) is 9.59 Å². The van der Waals surface area contributed by atoms with Gasteiger partial charge in [-0.15, -0.1) is 5.10 Å². The Morgan fingerprint density at radius 3 is 2.58 bits per heavy atom. The van der Waals surface area contributed by atoms with Crippen LogP contribution in [0.25, 0.3) is 11.0 Å². The molecule has 10 nitrogen and oxygen atoms in total. The summed E-state index contributed by atoms with van der Waals surface area (Å²) >= 11 is 0. The Morgan fingerprint density at radius 1 is 1.09 bits per heavy atom. The minimum atomic E-state index is -0.109. The molecule has 0 aliphatic carbocycles. The third kappa shape index (κ3) is 3.93. The number of benzene rings is 2. The number of rotatable bonds is 5. The molecule has 3 aromatic rings. The topological polar surface area (TPSA) is 124 Å². The number of ether oxygens (including phenoxy) is 2. The fourth-order valence-corrected chi connectivity index (χ4v) is 4.61. The van der Waals surface area contributed by atoms with Gasteiger partial charge in [-0.3, -0.25) is 14.7 Å². The van der Waals surface area contributed by atoms with Crippen LogP contribution in [0, 0.1) is 23.2 Å². The van der Waals surface area contributed by atoms with Crippen LogP contribution in [0.1, 0.15) is 15.9 Å². The monoisotopic (exact) mass is 446 g/mol. The SMILES string of the molecule is COc1cc(C#N)ccc1OCC(=O)N1C[C@H]2CN(C(=O)c3ccc4[nH]nnc4c3)C[C@@H]2C1. The number of aromatic amines is 1. The smallest absolute Gasteiger partial charge is 0.260 e. The Kier molecular flexibility index (Phi) is 5.30. The molecule has 2 amide bonds. The van der Waals surface area contributed by atoms with Gasteiger partial charge in [0.1, 0.15) is 5.52 Å². The molecule has 5 rings (SSSR count). The first kappa shape index (κ1) is 20.8. The van der Waals surface area contributed by atoms with Crippen molar-refractivity contribution in [3.8, 4) is 17.6 Å². The van der Waals surface area contributed by atoms with Crippen LogP contribution in [-0.2, 0) is 4.79 Å². The number of nitriles is 1. The average molecular weight is 446 g/mol. The van der Waals surface area contributed by atoms with Crippen LogP contribution >= 0.6 is 0 Å². The van der Waals surface area contributed by atoms with Gasteiger partial charge >= 0.3 is 0 Å². The van der Waals surface area contributed by atoms with Gasteiger partial charge in [-0.05, 0) is 30.3 Å². The molecule has 0 bridgehead atoms.